The van der Waals surface area contributed by atoms with E-state index in [-0.39, 0.29) is 0 Å². The molecule has 0 aliphatic heterocycles. The molecule has 0 amide bonds. The fourth-order valence-corrected chi connectivity index (χ4v) is 2.51. The van der Waals surface area contributed by atoms with Crippen molar-refractivity contribution in [2.24, 2.45) is 0 Å². The van der Waals surface area contributed by atoms with Crippen LogP contribution in [0.5, 0.6) is 0 Å². The molecule has 0 bridgehead atoms. The third-order valence-corrected chi connectivity index (χ3v) is 3.77. The van der Waals surface area contributed by atoms with Gasteiger partial charge in [0.25, 0.3) is 0 Å². The number of nitrogens with one attached hydrogen (secondary N) is 2. The van der Waals surface area contributed by atoms with Crippen LogP contribution < -0.4 is 10.6 Å². The molecule has 0 spiro atoms. The van der Waals surface area contributed by atoms with Crippen LogP contribution in [-0.2, 0) is 6.42 Å². The van der Waals surface area contributed by atoms with Crippen LogP contribution in [0.15, 0.2) is 30.3 Å². The topological polar surface area (TPSA) is 24.1 Å². The molecule has 2 nitrogen and oxygen atoms in total. The Hall–Kier alpha value is -0.860. The maximum absolute atomic E-state index is 3.50. The molecule has 21 heavy (non-hydrogen) atoms. The molecule has 1 aromatic carbocycles. The van der Waals surface area contributed by atoms with Gasteiger partial charge in [-0.15, -0.1) is 0 Å². The van der Waals surface area contributed by atoms with E-state index in [1.165, 1.54) is 57.1 Å². The third kappa shape index (κ3) is 11.5. The second-order valence-corrected chi connectivity index (χ2v) is 6.22. The minimum atomic E-state index is 0.600. The summed E-state index contributed by atoms with van der Waals surface area (Å²) >= 11 is 0. The first-order chi connectivity index (χ1) is 10.3. The molecule has 0 unspecified atom stereocenters. The van der Waals surface area contributed by atoms with E-state index in [4.69, 9.17) is 0 Å². The standard InChI is InChI=1S/C19H34N2/c1-18(2)21-17-16-20-15-11-6-4-3-5-8-12-19-13-9-7-10-14-19/h7,9-10,13-14,18,20-21H,3-6,8,11-12,15-17H2,1-2H3. The summed E-state index contributed by atoms with van der Waals surface area (Å²) < 4.78 is 0. The van der Waals surface area contributed by atoms with Gasteiger partial charge >= 0.3 is 0 Å². The van der Waals surface area contributed by atoms with Crippen molar-refractivity contribution in [1.82, 2.24) is 10.6 Å². The molecule has 2 N–H and O–H groups in total. The van der Waals surface area contributed by atoms with Gasteiger partial charge in [-0.2, -0.15) is 0 Å². The highest BCUT2D eigenvalue weighted by Crippen LogP contribution is 2.09. The van der Waals surface area contributed by atoms with Crippen LogP contribution in [-0.4, -0.2) is 25.7 Å². The Morgan fingerprint density at radius 1 is 0.762 bits per heavy atom. The Morgan fingerprint density at radius 2 is 1.43 bits per heavy atom. The van der Waals surface area contributed by atoms with E-state index in [2.05, 4.69) is 54.8 Å². The van der Waals surface area contributed by atoms with E-state index in [1.807, 2.05) is 0 Å². The molecule has 0 radical (unpaired) electrons. The Labute approximate surface area is 131 Å². The second kappa shape index (κ2) is 12.8. The Bertz CT molecular complexity index is 322. The van der Waals surface area contributed by atoms with Crippen LogP contribution in [0.4, 0.5) is 0 Å². The summed E-state index contributed by atoms with van der Waals surface area (Å²) in [7, 11) is 0. The average molecular weight is 290 g/mol. The lowest BCUT2D eigenvalue weighted by molar-refractivity contribution is 0.533. The average Bonchev–Trinajstić information content (AvgIpc) is 2.49. The number of unbranched alkanes of at least 4 members (excludes halogenated alkanes) is 5. The van der Waals surface area contributed by atoms with E-state index in [1.54, 1.807) is 0 Å². The van der Waals surface area contributed by atoms with Gasteiger partial charge in [-0.05, 0) is 31.4 Å². The molecule has 2 heteroatoms. The predicted molar refractivity (Wildman–Crippen MR) is 93.9 cm³/mol. The van der Waals surface area contributed by atoms with E-state index >= 15 is 0 Å². The summed E-state index contributed by atoms with van der Waals surface area (Å²) in [6.07, 6.45) is 9.42. The van der Waals surface area contributed by atoms with Crippen LogP contribution in [0.25, 0.3) is 0 Å². The Kier molecular flexibility index (Phi) is 11.1. The molecule has 0 fully saturated rings. The molecule has 1 rings (SSSR count). The number of benzene rings is 1. The molecular formula is C19H34N2. The third-order valence-electron chi connectivity index (χ3n) is 3.77. The van der Waals surface area contributed by atoms with Gasteiger partial charge < -0.3 is 10.6 Å². The smallest absolute Gasteiger partial charge is 0.00790 e. The van der Waals surface area contributed by atoms with Crippen LogP contribution in [0, 0.1) is 0 Å². The summed E-state index contributed by atoms with van der Waals surface area (Å²) in [6.45, 7) is 7.73. The summed E-state index contributed by atoms with van der Waals surface area (Å²) in [6, 6.07) is 11.4. The highest BCUT2D eigenvalue weighted by atomic mass is 14.9. The van der Waals surface area contributed by atoms with Crippen molar-refractivity contribution in [2.75, 3.05) is 19.6 Å². The van der Waals surface area contributed by atoms with Crippen molar-refractivity contribution < 1.29 is 0 Å². The molecule has 0 heterocycles. The van der Waals surface area contributed by atoms with Crippen LogP contribution in [0.3, 0.4) is 0 Å². The fourth-order valence-electron chi connectivity index (χ4n) is 2.51. The summed E-state index contributed by atoms with van der Waals surface area (Å²) in [5.41, 5.74) is 1.48. The number of hydrogen-bond donors (Lipinski definition) is 2. The van der Waals surface area contributed by atoms with Gasteiger partial charge in [0.05, 0.1) is 0 Å². The van der Waals surface area contributed by atoms with Crippen LogP contribution in [0.2, 0.25) is 0 Å². The molecular weight excluding hydrogens is 256 g/mol. The quantitative estimate of drug-likeness (QED) is 0.533. The lowest BCUT2D eigenvalue weighted by atomic mass is 10.1. The van der Waals surface area contributed by atoms with Gasteiger partial charge in [-0.1, -0.05) is 69.9 Å². The zero-order chi connectivity index (χ0) is 15.2. The largest absolute Gasteiger partial charge is 0.315 e. The normalized spacial score (nSPS) is 11.2. The molecule has 0 saturated carbocycles. The maximum Gasteiger partial charge on any atom is 0.00790 e. The molecule has 120 valence electrons. The summed E-state index contributed by atoms with van der Waals surface area (Å²) in [5.74, 6) is 0. The summed E-state index contributed by atoms with van der Waals surface area (Å²) in [5, 5.41) is 6.92. The van der Waals surface area contributed by atoms with Crippen molar-refractivity contribution in [1.29, 1.82) is 0 Å². The monoisotopic (exact) mass is 290 g/mol. The van der Waals surface area contributed by atoms with Gasteiger partial charge in [0.1, 0.15) is 0 Å². The molecule has 0 aromatic heterocycles. The predicted octanol–water partition coefficient (Wildman–Crippen LogP) is 4.16. The number of aryl methyl sites for hydroxylation is 1. The first-order valence-corrected chi connectivity index (χ1v) is 8.77. The van der Waals surface area contributed by atoms with Crippen molar-refractivity contribution in [2.45, 2.75) is 64.8 Å². The van der Waals surface area contributed by atoms with Gasteiger partial charge in [0.15, 0.2) is 0 Å². The van der Waals surface area contributed by atoms with Crippen LogP contribution in [0.1, 0.15) is 57.9 Å². The zero-order valence-corrected chi connectivity index (χ0v) is 14.0. The fraction of sp³-hybridized carbons (Fsp3) is 0.684. The maximum atomic E-state index is 3.50. The first kappa shape index (κ1) is 18.2. The zero-order valence-electron chi connectivity index (χ0n) is 14.0. The lowest BCUT2D eigenvalue weighted by Crippen LogP contribution is -2.31. The van der Waals surface area contributed by atoms with E-state index in [9.17, 15) is 0 Å². The van der Waals surface area contributed by atoms with Crippen molar-refractivity contribution in [3.63, 3.8) is 0 Å². The van der Waals surface area contributed by atoms with Crippen molar-refractivity contribution >= 4 is 0 Å². The SMILES string of the molecule is CC(C)NCCNCCCCCCCCc1ccccc1. The Balaban J connectivity index is 1.77. The molecule has 1 aromatic rings. The highest BCUT2D eigenvalue weighted by molar-refractivity contribution is 5.14. The van der Waals surface area contributed by atoms with E-state index < -0.39 is 0 Å². The van der Waals surface area contributed by atoms with E-state index in [0.717, 1.165) is 13.1 Å². The molecule has 0 aliphatic carbocycles. The molecule has 0 saturated heterocycles. The number of rotatable bonds is 13. The molecule has 0 atom stereocenters. The molecule has 0 aliphatic rings. The lowest BCUT2D eigenvalue weighted by Gasteiger charge is -2.08. The highest BCUT2D eigenvalue weighted by Gasteiger charge is 1.94. The van der Waals surface area contributed by atoms with Gasteiger partial charge in [0.2, 0.25) is 0 Å². The van der Waals surface area contributed by atoms with Gasteiger partial charge in [0, 0.05) is 19.1 Å². The van der Waals surface area contributed by atoms with Crippen LogP contribution >= 0.6 is 0 Å². The Morgan fingerprint density at radius 3 is 2.14 bits per heavy atom. The minimum Gasteiger partial charge on any atom is -0.315 e. The first-order valence-electron chi connectivity index (χ1n) is 8.77. The van der Waals surface area contributed by atoms with Gasteiger partial charge in [-0.3, -0.25) is 0 Å². The minimum absolute atomic E-state index is 0.600. The second-order valence-electron chi connectivity index (χ2n) is 6.22. The van der Waals surface area contributed by atoms with Crippen molar-refractivity contribution in [3.05, 3.63) is 35.9 Å². The van der Waals surface area contributed by atoms with Crippen molar-refractivity contribution in [3.8, 4) is 0 Å². The number of hydrogen-bond acceptors (Lipinski definition) is 2. The van der Waals surface area contributed by atoms with E-state index in [0.29, 0.717) is 6.04 Å². The van der Waals surface area contributed by atoms with Gasteiger partial charge in [-0.25, -0.2) is 0 Å². The summed E-state index contributed by atoms with van der Waals surface area (Å²) in [4.78, 5) is 0.